The van der Waals surface area contributed by atoms with Gasteiger partial charge in [-0.05, 0) is 38.5 Å². The van der Waals surface area contributed by atoms with E-state index < -0.39 is 23.7 Å². The number of halogens is 3. The molecule has 0 spiro atoms. The van der Waals surface area contributed by atoms with Crippen LogP contribution in [0.3, 0.4) is 0 Å². The fourth-order valence-electron chi connectivity index (χ4n) is 2.99. The highest BCUT2D eigenvalue weighted by atomic mass is 19.4. The number of rotatable bonds is 3. The van der Waals surface area contributed by atoms with Gasteiger partial charge in [-0.2, -0.15) is 13.2 Å². The van der Waals surface area contributed by atoms with Gasteiger partial charge in [0.05, 0.1) is 0 Å². The molecular formula is C13H17F3O3. The molecule has 2 aliphatic carbocycles. The lowest BCUT2D eigenvalue weighted by molar-refractivity contribution is -0.314. The Hall–Kier alpha value is -1.04. The van der Waals surface area contributed by atoms with Crippen molar-refractivity contribution in [2.75, 3.05) is 0 Å². The maximum Gasteiger partial charge on any atom is 0.417 e. The third-order valence-corrected chi connectivity index (χ3v) is 4.48. The summed E-state index contributed by atoms with van der Waals surface area (Å²) in [5.41, 5.74) is -2.38. The summed E-state index contributed by atoms with van der Waals surface area (Å²) >= 11 is 0. The molecule has 0 bridgehead atoms. The summed E-state index contributed by atoms with van der Waals surface area (Å²) in [6.45, 7) is 5.80. The van der Waals surface area contributed by atoms with Crippen molar-refractivity contribution in [3.63, 3.8) is 0 Å². The van der Waals surface area contributed by atoms with Crippen LogP contribution in [0.4, 0.5) is 13.2 Å². The van der Waals surface area contributed by atoms with Gasteiger partial charge in [0.25, 0.3) is 0 Å². The minimum Gasteiger partial charge on any atom is -0.459 e. The number of carbonyl (C=O) groups excluding carboxylic acids is 1. The SMILES string of the molecule is C=C(C)C(=O)OC1CC2C1CC2C(C)(O)C(F)(F)F. The Labute approximate surface area is 109 Å². The molecule has 0 saturated heterocycles. The first-order valence-corrected chi connectivity index (χ1v) is 6.21. The quantitative estimate of drug-likeness (QED) is 0.637. The van der Waals surface area contributed by atoms with Crippen LogP contribution in [0.15, 0.2) is 12.2 Å². The maximum atomic E-state index is 12.7. The summed E-state index contributed by atoms with van der Waals surface area (Å²) in [4.78, 5) is 11.3. The largest absolute Gasteiger partial charge is 0.459 e. The third-order valence-electron chi connectivity index (χ3n) is 4.48. The monoisotopic (exact) mass is 278 g/mol. The van der Waals surface area contributed by atoms with Crippen molar-refractivity contribution < 1.29 is 27.8 Å². The Kier molecular flexibility index (Phi) is 3.20. The molecular weight excluding hydrogens is 261 g/mol. The van der Waals surface area contributed by atoms with Crippen LogP contribution in [0.2, 0.25) is 0 Å². The average Bonchev–Trinajstić information content (AvgIpc) is 2.22. The second-order valence-corrected chi connectivity index (χ2v) is 5.77. The van der Waals surface area contributed by atoms with Gasteiger partial charge in [0.1, 0.15) is 6.10 Å². The Morgan fingerprint density at radius 2 is 1.89 bits per heavy atom. The maximum absolute atomic E-state index is 12.7. The summed E-state index contributed by atoms with van der Waals surface area (Å²) in [5, 5.41) is 9.60. The van der Waals surface area contributed by atoms with Gasteiger partial charge in [-0.3, -0.25) is 0 Å². The number of carbonyl (C=O) groups is 1. The molecule has 6 heteroatoms. The molecule has 0 radical (unpaired) electrons. The predicted molar refractivity (Wildman–Crippen MR) is 61.1 cm³/mol. The van der Waals surface area contributed by atoms with Crippen LogP contribution in [0.25, 0.3) is 0 Å². The molecule has 2 aliphatic rings. The van der Waals surface area contributed by atoms with Gasteiger partial charge in [0.2, 0.25) is 0 Å². The first kappa shape index (κ1) is 14.4. The molecule has 2 saturated carbocycles. The van der Waals surface area contributed by atoms with Crippen LogP contribution in [0, 0.1) is 17.8 Å². The molecule has 0 amide bonds. The molecule has 108 valence electrons. The van der Waals surface area contributed by atoms with Gasteiger partial charge >= 0.3 is 12.1 Å². The van der Waals surface area contributed by atoms with Gasteiger partial charge in [-0.25, -0.2) is 4.79 Å². The molecule has 0 aromatic rings. The van der Waals surface area contributed by atoms with Crippen molar-refractivity contribution in [1.82, 2.24) is 0 Å². The van der Waals surface area contributed by atoms with E-state index >= 15 is 0 Å². The van der Waals surface area contributed by atoms with Crippen molar-refractivity contribution in [3.05, 3.63) is 12.2 Å². The van der Waals surface area contributed by atoms with Crippen LogP contribution >= 0.6 is 0 Å². The van der Waals surface area contributed by atoms with Crippen molar-refractivity contribution in [1.29, 1.82) is 0 Å². The highest BCUT2D eigenvalue weighted by Crippen LogP contribution is 2.61. The van der Waals surface area contributed by atoms with E-state index in [1.807, 2.05) is 0 Å². The van der Waals surface area contributed by atoms with Crippen molar-refractivity contribution in [2.45, 2.75) is 44.6 Å². The summed E-state index contributed by atoms with van der Waals surface area (Å²) < 4.78 is 43.2. The summed E-state index contributed by atoms with van der Waals surface area (Å²) in [7, 11) is 0. The number of ether oxygens (including phenoxy) is 1. The molecule has 19 heavy (non-hydrogen) atoms. The van der Waals surface area contributed by atoms with Crippen molar-refractivity contribution >= 4 is 5.97 Å². The van der Waals surface area contributed by atoms with Gasteiger partial charge in [-0.15, -0.1) is 0 Å². The smallest absolute Gasteiger partial charge is 0.417 e. The second kappa shape index (κ2) is 4.23. The van der Waals surface area contributed by atoms with Gasteiger partial charge < -0.3 is 9.84 Å². The molecule has 0 heterocycles. The van der Waals surface area contributed by atoms with E-state index in [1.54, 1.807) is 0 Å². The molecule has 5 atom stereocenters. The van der Waals surface area contributed by atoms with Crippen LogP contribution in [-0.2, 0) is 9.53 Å². The number of esters is 1. The summed E-state index contributed by atoms with van der Waals surface area (Å²) in [6.07, 6.45) is -4.32. The van der Waals surface area contributed by atoms with E-state index in [0.717, 1.165) is 6.92 Å². The minimum atomic E-state index is -4.62. The number of aliphatic hydroxyl groups is 1. The first-order valence-electron chi connectivity index (χ1n) is 6.21. The standard InChI is InChI=1S/C13H17F3O3/c1-6(2)11(17)19-10-5-7-8(10)4-9(7)12(3,18)13(14,15)16/h7-10,18H,1,4-5H2,2-3H3. The highest BCUT2D eigenvalue weighted by Gasteiger charge is 2.67. The Morgan fingerprint density at radius 3 is 2.26 bits per heavy atom. The molecule has 0 aromatic carbocycles. The fraction of sp³-hybridized carbons (Fsp3) is 0.769. The van der Waals surface area contributed by atoms with Crippen LogP contribution in [0.5, 0.6) is 0 Å². The molecule has 0 aromatic heterocycles. The zero-order valence-electron chi connectivity index (χ0n) is 10.8. The Balaban J connectivity index is 1.90. The van der Waals surface area contributed by atoms with E-state index in [2.05, 4.69) is 6.58 Å². The molecule has 2 rings (SSSR count). The number of hydrogen-bond donors (Lipinski definition) is 1. The van der Waals surface area contributed by atoms with Crippen LogP contribution in [-0.4, -0.2) is 29.0 Å². The number of hydrogen-bond acceptors (Lipinski definition) is 3. The first-order chi connectivity index (χ1) is 8.55. The zero-order chi connectivity index (χ0) is 14.6. The van der Waals surface area contributed by atoms with E-state index in [0.29, 0.717) is 6.42 Å². The molecule has 5 unspecified atom stereocenters. The van der Waals surface area contributed by atoms with Crippen LogP contribution < -0.4 is 0 Å². The lowest BCUT2D eigenvalue weighted by atomic mass is 9.48. The van der Waals surface area contributed by atoms with Gasteiger partial charge in [0.15, 0.2) is 5.60 Å². The third kappa shape index (κ3) is 2.16. The Bertz CT molecular complexity index is 414. The van der Waals surface area contributed by atoms with E-state index in [-0.39, 0.29) is 29.9 Å². The molecule has 3 nitrogen and oxygen atoms in total. The zero-order valence-corrected chi connectivity index (χ0v) is 10.8. The van der Waals surface area contributed by atoms with E-state index in [1.165, 1.54) is 6.92 Å². The van der Waals surface area contributed by atoms with Gasteiger partial charge in [0, 0.05) is 11.5 Å². The number of alkyl halides is 3. The number of fused-ring (bicyclic) bond motifs is 1. The summed E-state index contributed by atoms with van der Waals surface area (Å²) in [6, 6.07) is 0. The lowest BCUT2D eigenvalue weighted by Crippen LogP contribution is -2.65. The van der Waals surface area contributed by atoms with Gasteiger partial charge in [-0.1, -0.05) is 6.58 Å². The lowest BCUT2D eigenvalue weighted by Gasteiger charge is -2.60. The summed E-state index contributed by atoms with van der Waals surface area (Å²) in [5.74, 6) is -1.56. The highest BCUT2D eigenvalue weighted by molar-refractivity contribution is 5.87. The molecule has 2 fully saturated rings. The van der Waals surface area contributed by atoms with Crippen LogP contribution in [0.1, 0.15) is 26.7 Å². The average molecular weight is 278 g/mol. The second-order valence-electron chi connectivity index (χ2n) is 5.77. The minimum absolute atomic E-state index is 0.0536. The molecule has 1 N–H and O–H groups in total. The van der Waals surface area contributed by atoms with Crippen molar-refractivity contribution in [3.8, 4) is 0 Å². The van der Waals surface area contributed by atoms with Crippen molar-refractivity contribution in [2.24, 2.45) is 17.8 Å². The molecule has 0 aliphatic heterocycles. The van der Waals surface area contributed by atoms with E-state index in [9.17, 15) is 23.1 Å². The van der Waals surface area contributed by atoms with E-state index in [4.69, 9.17) is 4.74 Å². The Morgan fingerprint density at radius 1 is 1.32 bits per heavy atom. The normalized spacial score (nSPS) is 36.3. The topological polar surface area (TPSA) is 46.5 Å². The predicted octanol–water partition coefficient (Wildman–Crippen LogP) is 2.44. The fourth-order valence-corrected chi connectivity index (χ4v) is 2.99.